The average Bonchev–Trinajstić information content (AvgIpc) is 3.34. The van der Waals surface area contributed by atoms with E-state index < -0.39 is 21.9 Å². The van der Waals surface area contributed by atoms with Gasteiger partial charge < -0.3 is 19.5 Å². The maximum Gasteiger partial charge on any atom is 0.340 e. The van der Waals surface area contributed by atoms with Gasteiger partial charge in [-0.3, -0.25) is 4.79 Å². The van der Waals surface area contributed by atoms with Gasteiger partial charge in [-0.25, -0.2) is 13.2 Å². The van der Waals surface area contributed by atoms with E-state index in [1.807, 2.05) is 0 Å². The van der Waals surface area contributed by atoms with E-state index in [2.05, 4.69) is 5.32 Å². The fourth-order valence-corrected chi connectivity index (χ4v) is 5.38. The SMILES string of the molecule is COC(=O)c1cc(OC)c(OC)cc1NC(=O)c1ccc(Cl)c(S(=O)(=O)N2CCCC2)c1. The van der Waals surface area contributed by atoms with Crippen LogP contribution >= 0.6 is 11.6 Å². The van der Waals surface area contributed by atoms with Gasteiger partial charge in [-0.05, 0) is 31.0 Å². The van der Waals surface area contributed by atoms with Crippen LogP contribution in [0.4, 0.5) is 5.69 Å². The number of amides is 1. The second-order valence-electron chi connectivity index (χ2n) is 6.95. The number of benzene rings is 2. The molecule has 11 heteroatoms. The number of methoxy groups -OCH3 is 3. The van der Waals surface area contributed by atoms with Gasteiger partial charge in [-0.1, -0.05) is 11.6 Å². The summed E-state index contributed by atoms with van der Waals surface area (Å²) in [7, 11) is 0.198. The van der Waals surface area contributed by atoms with E-state index in [0.717, 1.165) is 12.8 Å². The smallest absolute Gasteiger partial charge is 0.340 e. The summed E-state index contributed by atoms with van der Waals surface area (Å²) in [5.74, 6) is -0.785. The molecule has 0 unspecified atom stereocenters. The van der Waals surface area contributed by atoms with Crippen molar-refractivity contribution in [2.75, 3.05) is 39.7 Å². The lowest BCUT2D eigenvalue weighted by Crippen LogP contribution is -2.28. The maximum absolute atomic E-state index is 13.0. The normalized spacial score (nSPS) is 14.1. The number of nitrogens with zero attached hydrogens (tertiary/aromatic N) is 1. The van der Waals surface area contributed by atoms with Crippen LogP contribution in [0, 0.1) is 0 Å². The minimum absolute atomic E-state index is 0.0230. The molecule has 1 amide bonds. The zero-order valence-corrected chi connectivity index (χ0v) is 19.4. The number of hydrogen-bond acceptors (Lipinski definition) is 7. The summed E-state index contributed by atoms with van der Waals surface area (Å²) in [5.41, 5.74) is 0.202. The maximum atomic E-state index is 13.0. The molecule has 0 aliphatic carbocycles. The van der Waals surface area contributed by atoms with Crippen LogP contribution in [0.3, 0.4) is 0 Å². The Morgan fingerprint density at radius 2 is 1.62 bits per heavy atom. The second kappa shape index (κ2) is 9.76. The molecule has 1 aliphatic heterocycles. The number of nitrogens with one attached hydrogen (secondary N) is 1. The highest BCUT2D eigenvalue weighted by Gasteiger charge is 2.30. The molecule has 0 atom stereocenters. The molecule has 1 fully saturated rings. The van der Waals surface area contributed by atoms with Gasteiger partial charge in [-0.15, -0.1) is 0 Å². The number of carbonyl (C=O) groups excluding carboxylic acids is 2. The molecule has 32 heavy (non-hydrogen) atoms. The van der Waals surface area contributed by atoms with Crippen LogP contribution in [0.2, 0.25) is 5.02 Å². The van der Waals surface area contributed by atoms with Gasteiger partial charge in [0.25, 0.3) is 5.91 Å². The molecule has 172 valence electrons. The molecule has 0 aromatic heterocycles. The highest BCUT2D eigenvalue weighted by atomic mass is 35.5. The van der Waals surface area contributed by atoms with Crippen molar-refractivity contribution in [1.29, 1.82) is 0 Å². The third-order valence-corrected chi connectivity index (χ3v) is 7.43. The number of hydrogen-bond donors (Lipinski definition) is 1. The molecule has 1 aliphatic rings. The summed E-state index contributed by atoms with van der Waals surface area (Å²) < 4.78 is 42.5. The molecular formula is C21H23ClN2O7S. The molecule has 1 N–H and O–H groups in total. The van der Waals surface area contributed by atoms with E-state index in [0.29, 0.717) is 13.1 Å². The highest BCUT2D eigenvalue weighted by molar-refractivity contribution is 7.89. The average molecular weight is 483 g/mol. The van der Waals surface area contributed by atoms with E-state index in [-0.39, 0.29) is 38.2 Å². The van der Waals surface area contributed by atoms with Crippen molar-refractivity contribution in [2.45, 2.75) is 17.7 Å². The Balaban J connectivity index is 1.98. The van der Waals surface area contributed by atoms with Crippen LogP contribution in [-0.4, -0.2) is 59.0 Å². The molecule has 1 heterocycles. The molecular weight excluding hydrogens is 460 g/mol. The Morgan fingerprint density at radius 3 is 2.22 bits per heavy atom. The predicted molar refractivity (Wildman–Crippen MR) is 118 cm³/mol. The zero-order chi connectivity index (χ0) is 23.5. The van der Waals surface area contributed by atoms with Gasteiger partial charge in [0.2, 0.25) is 10.0 Å². The van der Waals surface area contributed by atoms with Gasteiger partial charge in [0.15, 0.2) is 11.5 Å². The van der Waals surface area contributed by atoms with Gasteiger partial charge in [-0.2, -0.15) is 4.31 Å². The number of sulfonamides is 1. The predicted octanol–water partition coefficient (Wildman–Crippen LogP) is 3.18. The van der Waals surface area contributed by atoms with E-state index >= 15 is 0 Å². The lowest BCUT2D eigenvalue weighted by molar-refractivity contribution is 0.0601. The number of esters is 1. The van der Waals surface area contributed by atoms with Crippen molar-refractivity contribution in [3.63, 3.8) is 0 Å². The fourth-order valence-electron chi connectivity index (χ4n) is 3.37. The third-order valence-electron chi connectivity index (χ3n) is 5.05. The number of halogens is 1. The van der Waals surface area contributed by atoms with Crippen molar-refractivity contribution in [3.8, 4) is 11.5 Å². The molecule has 0 spiro atoms. The summed E-state index contributed by atoms with van der Waals surface area (Å²) in [4.78, 5) is 25.0. The molecule has 0 radical (unpaired) electrons. The van der Waals surface area contributed by atoms with Crippen LogP contribution in [0.15, 0.2) is 35.2 Å². The Hall–Kier alpha value is -2.82. The first kappa shape index (κ1) is 23.8. The summed E-state index contributed by atoms with van der Waals surface area (Å²) >= 11 is 6.15. The van der Waals surface area contributed by atoms with Gasteiger partial charge in [0, 0.05) is 30.8 Å². The van der Waals surface area contributed by atoms with Crippen molar-refractivity contribution in [2.24, 2.45) is 0 Å². The third kappa shape index (κ3) is 4.67. The van der Waals surface area contributed by atoms with Crippen molar-refractivity contribution < 1.29 is 32.2 Å². The van der Waals surface area contributed by atoms with Gasteiger partial charge in [0.1, 0.15) is 4.90 Å². The number of anilines is 1. The Bertz CT molecular complexity index is 1150. The topological polar surface area (TPSA) is 111 Å². The first-order chi connectivity index (χ1) is 15.2. The molecule has 2 aromatic carbocycles. The van der Waals surface area contributed by atoms with Gasteiger partial charge >= 0.3 is 5.97 Å². The van der Waals surface area contributed by atoms with E-state index in [1.165, 1.54) is 56.0 Å². The standard InChI is InChI=1S/C21H23ClN2O7S/c1-29-17-11-14(21(26)31-3)16(12-18(17)30-2)23-20(25)13-6-7-15(22)19(10-13)32(27,28)24-8-4-5-9-24/h6-7,10-12H,4-5,8-9H2,1-3H3,(H,23,25). The number of ether oxygens (including phenoxy) is 3. The van der Waals surface area contributed by atoms with Crippen LogP contribution < -0.4 is 14.8 Å². The fraction of sp³-hybridized carbons (Fsp3) is 0.333. The van der Waals surface area contributed by atoms with Crippen LogP contribution in [-0.2, 0) is 14.8 Å². The zero-order valence-electron chi connectivity index (χ0n) is 17.8. The minimum atomic E-state index is -3.83. The van der Waals surface area contributed by atoms with Crippen molar-refractivity contribution in [3.05, 3.63) is 46.5 Å². The Kier molecular flexibility index (Phi) is 7.27. The molecule has 3 rings (SSSR count). The number of rotatable bonds is 7. The molecule has 1 saturated heterocycles. The van der Waals surface area contributed by atoms with Crippen molar-refractivity contribution >= 4 is 39.2 Å². The van der Waals surface area contributed by atoms with E-state index in [9.17, 15) is 18.0 Å². The van der Waals surface area contributed by atoms with Crippen LogP contribution in [0.25, 0.3) is 0 Å². The molecule has 0 saturated carbocycles. The van der Waals surface area contributed by atoms with E-state index in [1.54, 1.807) is 0 Å². The van der Waals surface area contributed by atoms with Crippen LogP contribution in [0.5, 0.6) is 11.5 Å². The molecule has 9 nitrogen and oxygen atoms in total. The Morgan fingerprint density at radius 1 is 1.00 bits per heavy atom. The first-order valence-corrected chi connectivity index (χ1v) is 11.5. The second-order valence-corrected chi connectivity index (χ2v) is 9.27. The monoisotopic (exact) mass is 482 g/mol. The van der Waals surface area contributed by atoms with Crippen molar-refractivity contribution in [1.82, 2.24) is 4.31 Å². The minimum Gasteiger partial charge on any atom is -0.493 e. The summed E-state index contributed by atoms with van der Waals surface area (Å²) in [6.45, 7) is 0.812. The summed E-state index contributed by atoms with van der Waals surface area (Å²) in [6, 6.07) is 6.78. The van der Waals surface area contributed by atoms with E-state index in [4.69, 9.17) is 25.8 Å². The quantitative estimate of drug-likeness (QED) is 0.603. The van der Waals surface area contributed by atoms with Gasteiger partial charge in [0.05, 0.1) is 37.6 Å². The first-order valence-electron chi connectivity index (χ1n) is 9.68. The Labute approximate surface area is 191 Å². The largest absolute Gasteiger partial charge is 0.493 e. The van der Waals surface area contributed by atoms with Crippen LogP contribution in [0.1, 0.15) is 33.6 Å². The lowest BCUT2D eigenvalue weighted by Gasteiger charge is -2.17. The molecule has 2 aromatic rings. The molecule has 0 bridgehead atoms. The lowest BCUT2D eigenvalue weighted by atomic mass is 10.1. The summed E-state index contributed by atoms with van der Waals surface area (Å²) in [6.07, 6.45) is 1.54. The number of carbonyl (C=O) groups is 2. The highest BCUT2D eigenvalue weighted by Crippen LogP contribution is 2.34. The summed E-state index contributed by atoms with van der Waals surface area (Å²) in [5, 5.41) is 2.63.